The first-order valence-electron chi connectivity index (χ1n) is 8.04. The summed E-state index contributed by atoms with van der Waals surface area (Å²) in [6.45, 7) is 3.16. The molecule has 0 aliphatic carbocycles. The summed E-state index contributed by atoms with van der Waals surface area (Å²) in [6.07, 6.45) is 2.95. The minimum atomic E-state index is 0.125. The molecule has 1 fully saturated rings. The first-order chi connectivity index (χ1) is 11.2. The van der Waals surface area contributed by atoms with Gasteiger partial charge in [-0.25, -0.2) is 0 Å². The number of nitrogens with zero attached hydrogens (tertiary/aromatic N) is 3. The van der Waals surface area contributed by atoms with Gasteiger partial charge in [-0.3, -0.25) is 4.79 Å². The van der Waals surface area contributed by atoms with Crippen LogP contribution in [0.2, 0.25) is 0 Å². The van der Waals surface area contributed by atoms with E-state index in [-0.39, 0.29) is 17.1 Å². The Balaban J connectivity index is 1.49. The topological polar surface area (TPSA) is 59.2 Å². The third-order valence-corrected chi connectivity index (χ3v) is 5.92. The van der Waals surface area contributed by atoms with E-state index in [1.807, 2.05) is 4.90 Å². The highest BCUT2D eigenvalue weighted by molar-refractivity contribution is 7.99. The van der Waals surface area contributed by atoms with E-state index < -0.39 is 0 Å². The first-order valence-corrected chi connectivity index (χ1v) is 8.92. The summed E-state index contributed by atoms with van der Waals surface area (Å²) < 4.78 is 5.54. The molecular formula is C17H19N3O2S. The second-order valence-corrected chi connectivity index (χ2v) is 7.46. The van der Waals surface area contributed by atoms with Gasteiger partial charge in [-0.15, -0.1) is 11.8 Å². The van der Waals surface area contributed by atoms with Gasteiger partial charge in [-0.1, -0.05) is 23.4 Å². The first kappa shape index (κ1) is 14.8. The predicted molar refractivity (Wildman–Crippen MR) is 87.3 cm³/mol. The van der Waals surface area contributed by atoms with Crippen molar-refractivity contribution in [3.63, 3.8) is 0 Å². The van der Waals surface area contributed by atoms with Crippen LogP contribution in [0.1, 0.15) is 48.2 Å². The van der Waals surface area contributed by atoms with E-state index in [0.29, 0.717) is 12.4 Å². The SMILES string of the molecule is CC(=O)N1CCCC(c2noc(C3Cc4ccccc4S3)n2)C1. The van der Waals surface area contributed by atoms with Crippen LogP contribution in [0.4, 0.5) is 0 Å². The molecular weight excluding hydrogens is 310 g/mol. The van der Waals surface area contributed by atoms with E-state index in [2.05, 4.69) is 34.4 Å². The average molecular weight is 329 g/mol. The number of likely N-dealkylation sites (tertiary alicyclic amines) is 1. The number of benzene rings is 1. The van der Waals surface area contributed by atoms with Crippen molar-refractivity contribution in [1.82, 2.24) is 15.0 Å². The Morgan fingerprint density at radius 2 is 2.26 bits per heavy atom. The number of carbonyl (C=O) groups excluding carboxylic acids is 1. The quantitative estimate of drug-likeness (QED) is 0.847. The smallest absolute Gasteiger partial charge is 0.240 e. The van der Waals surface area contributed by atoms with Gasteiger partial charge in [-0.05, 0) is 30.9 Å². The van der Waals surface area contributed by atoms with Gasteiger partial charge in [-0.2, -0.15) is 4.98 Å². The fourth-order valence-electron chi connectivity index (χ4n) is 3.34. The van der Waals surface area contributed by atoms with E-state index in [1.54, 1.807) is 18.7 Å². The molecule has 1 aromatic heterocycles. The molecule has 4 rings (SSSR count). The third kappa shape index (κ3) is 2.87. The Bertz CT molecular complexity index is 705. The summed E-state index contributed by atoms with van der Waals surface area (Å²) in [5.41, 5.74) is 1.35. The van der Waals surface area contributed by atoms with E-state index in [4.69, 9.17) is 4.52 Å². The Hall–Kier alpha value is -1.82. The lowest BCUT2D eigenvalue weighted by atomic mass is 9.97. The number of hydrogen-bond acceptors (Lipinski definition) is 5. The Labute approximate surface area is 139 Å². The summed E-state index contributed by atoms with van der Waals surface area (Å²) in [6, 6.07) is 8.43. The van der Waals surface area contributed by atoms with Crippen LogP contribution >= 0.6 is 11.8 Å². The number of aromatic nitrogens is 2. The highest BCUT2D eigenvalue weighted by atomic mass is 32.2. The molecule has 2 aliphatic rings. The van der Waals surface area contributed by atoms with Crippen molar-refractivity contribution < 1.29 is 9.32 Å². The van der Waals surface area contributed by atoms with Crippen molar-refractivity contribution in [3.8, 4) is 0 Å². The molecule has 2 aromatic rings. The van der Waals surface area contributed by atoms with Crippen molar-refractivity contribution in [3.05, 3.63) is 41.5 Å². The fraction of sp³-hybridized carbons (Fsp3) is 0.471. The van der Waals surface area contributed by atoms with Gasteiger partial charge in [0.2, 0.25) is 11.8 Å². The van der Waals surface area contributed by atoms with Crippen LogP contribution in [0.3, 0.4) is 0 Å². The van der Waals surface area contributed by atoms with E-state index in [9.17, 15) is 4.79 Å². The molecule has 2 aliphatic heterocycles. The van der Waals surface area contributed by atoms with Crippen molar-refractivity contribution in [2.75, 3.05) is 13.1 Å². The number of amides is 1. The number of thioether (sulfide) groups is 1. The molecule has 5 nitrogen and oxygen atoms in total. The number of rotatable bonds is 2. The monoisotopic (exact) mass is 329 g/mol. The van der Waals surface area contributed by atoms with E-state index in [0.717, 1.165) is 31.6 Å². The van der Waals surface area contributed by atoms with Gasteiger partial charge in [0.25, 0.3) is 0 Å². The largest absolute Gasteiger partial charge is 0.342 e. The lowest BCUT2D eigenvalue weighted by Crippen LogP contribution is -2.37. The van der Waals surface area contributed by atoms with Crippen LogP contribution in [0.5, 0.6) is 0 Å². The van der Waals surface area contributed by atoms with Crippen LogP contribution in [-0.2, 0) is 11.2 Å². The zero-order valence-electron chi connectivity index (χ0n) is 13.1. The van der Waals surface area contributed by atoms with Gasteiger partial charge < -0.3 is 9.42 Å². The van der Waals surface area contributed by atoms with Crippen LogP contribution < -0.4 is 0 Å². The second-order valence-electron chi connectivity index (χ2n) is 6.21. The molecule has 0 saturated carbocycles. The fourth-order valence-corrected chi connectivity index (χ4v) is 4.56. The molecule has 0 N–H and O–H groups in total. The number of carbonyl (C=O) groups is 1. The highest BCUT2D eigenvalue weighted by Crippen LogP contribution is 2.45. The van der Waals surface area contributed by atoms with Gasteiger partial charge in [0.1, 0.15) is 0 Å². The maximum Gasteiger partial charge on any atom is 0.240 e. The molecule has 1 aromatic carbocycles. The van der Waals surface area contributed by atoms with Crippen molar-refractivity contribution >= 4 is 17.7 Å². The van der Waals surface area contributed by atoms with Gasteiger partial charge >= 0.3 is 0 Å². The molecule has 0 radical (unpaired) electrons. The van der Waals surface area contributed by atoms with Gasteiger partial charge in [0, 0.05) is 30.8 Å². The Morgan fingerprint density at radius 3 is 3.09 bits per heavy atom. The molecule has 1 amide bonds. The van der Waals surface area contributed by atoms with Crippen LogP contribution in [0, 0.1) is 0 Å². The number of hydrogen-bond donors (Lipinski definition) is 0. The maximum absolute atomic E-state index is 11.6. The molecule has 120 valence electrons. The number of fused-ring (bicyclic) bond motifs is 1. The molecule has 6 heteroatoms. The summed E-state index contributed by atoms with van der Waals surface area (Å²) in [5, 5.41) is 4.41. The molecule has 2 unspecified atom stereocenters. The molecule has 0 spiro atoms. The molecule has 23 heavy (non-hydrogen) atoms. The summed E-state index contributed by atoms with van der Waals surface area (Å²) in [5.74, 6) is 1.78. The Kier molecular flexibility index (Phi) is 3.85. The van der Waals surface area contributed by atoms with Crippen molar-refractivity contribution in [1.29, 1.82) is 0 Å². The molecule has 1 saturated heterocycles. The lowest BCUT2D eigenvalue weighted by Gasteiger charge is -2.30. The van der Waals surface area contributed by atoms with Gasteiger partial charge in [0.05, 0.1) is 5.25 Å². The van der Waals surface area contributed by atoms with Crippen LogP contribution in [-0.4, -0.2) is 34.0 Å². The van der Waals surface area contributed by atoms with Crippen molar-refractivity contribution in [2.45, 2.75) is 42.2 Å². The normalized spacial score (nSPS) is 23.8. The number of piperidine rings is 1. The van der Waals surface area contributed by atoms with Crippen molar-refractivity contribution in [2.24, 2.45) is 0 Å². The summed E-state index contributed by atoms with van der Waals surface area (Å²) >= 11 is 1.79. The Morgan fingerprint density at radius 1 is 1.39 bits per heavy atom. The van der Waals surface area contributed by atoms with Crippen LogP contribution in [0.15, 0.2) is 33.7 Å². The van der Waals surface area contributed by atoms with E-state index >= 15 is 0 Å². The summed E-state index contributed by atoms with van der Waals surface area (Å²) in [7, 11) is 0. The second kappa shape index (κ2) is 6.00. The summed E-state index contributed by atoms with van der Waals surface area (Å²) in [4.78, 5) is 19.4. The maximum atomic E-state index is 11.6. The molecule has 0 bridgehead atoms. The van der Waals surface area contributed by atoms with Crippen LogP contribution in [0.25, 0.3) is 0 Å². The standard InChI is InChI=1S/C17H19N3O2S/c1-11(21)20-8-4-6-13(10-20)16-18-17(22-19-16)15-9-12-5-2-3-7-14(12)23-15/h2-3,5,7,13,15H,4,6,8-10H2,1H3. The highest BCUT2D eigenvalue weighted by Gasteiger charge is 2.31. The minimum absolute atomic E-state index is 0.125. The zero-order valence-corrected chi connectivity index (χ0v) is 13.9. The lowest BCUT2D eigenvalue weighted by molar-refractivity contribution is -0.130. The molecule has 2 atom stereocenters. The van der Waals surface area contributed by atoms with E-state index in [1.165, 1.54) is 10.5 Å². The minimum Gasteiger partial charge on any atom is -0.342 e. The predicted octanol–water partition coefficient (Wildman–Crippen LogP) is 3.19. The van der Waals surface area contributed by atoms with Gasteiger partial charge in [0.15, 0.2) is 5.82 Å². The average Bonchev–Trinajstić information content (AvgIpc) is 3.21. The zero-order chi connectivity index (χ0) is 15.8. The molecule has 3 heterocycles. The third-order valence-electron chi connectivity index (χ3n) is 4.61.